The van der Waals surface area contributed by atoms with E-state index in [1.165, 1.54) is 16.9 Å². The third kappa shape index (κ3) is 4.45. The summed E-state index contributed by atoms with van der Waals surface area (Å²) in [5.41, 5.74) is 3.45. The second-order valence-electron chi connectivity index (χ2n) is 8.15. The summed E-state index contributed by atoms with van der Waals surface area (Å²) in [4.78, 5) is 31.6. The summed E-state index contributed by atoms with van der Waals surface area (Å²) in [6.45, 7) is 8.02. The molecule has 0 spiro atoms. The molecule has 1 atom stereocenters. The maximum Gasteiger partial charge on any atom is 0.338 e. The number of fused-ring (bicyclic) bond motifs is 1. The highest BCUT2D eigenvalue weighted by Crippen LogP contribution is 2.34. The molecule has 0 radical (unpaired) electrons. The number of carbonyl (C=O) groups excluding carboxylic acids is 1. The van der Waals surface area contributed by atoms with Gasteiger partial charge in [-0.3, -0.25) is 9.36 Å². The van der Waals surface area contributed by atoms with Gasteiger partial charge >= 0.3 is 5.97 Å². The van der Waals surface area contributed by atoms with Crippen molar-refractivity contribution in [3.05, 3.63) is 101 Å². The minimum Gasteiger partial charge on any atom is -0.463 e. The molecule has 7 heteroatoms. The van der Waals surface area contributed by atoms with E-state index >= 15 is 0 Å². The predicted octanol–water partition coefficient (Wildman–Crippen LogP) is 4.58. The fourth-order valence-corrected chi connectivity index (χ4v) is 5.20. The zero-order valence-electron chi connectivity index (χ0n) is 19.0. The lowest BCUT2D eigenvalue weighted by Gasteiger charge is -2.25. The molecule has 5 nitrogen and oxygen atoms in total. The van der Waals surface area contributed by atoms with Crippen molar-refractivity contribution in [2.75, 3.05) is 6.61 Å². The standard InChI is InChI=1S/C26H25ClN2O3S/c1-5-32-25(31)22-16(4)28-26-29(23(22)19-8-6-7-9-20(19)27)24(30)21(33-26)14-17-10-12-18(13-11-17)15(2)3/h6-15,23H,5H2,1-4H3/t23-/m0/s1. The van der Waals surface area contributed by atoms with Gasteiger partial charge in [0.1, 0.15) is 6.04 Å². The van der Waals surface area contributed by atoms with Crippen LogP contribution in [0.2, 0.25) is 5.02 Å². The normalized spacial score (nSPS) is 16.1. The Hall–Kier alpha value is -2.96. The number of thiazole rings is 1. The van der Waals surface area contributed by atoms with E-state index in [9.17, 15) is 9.59 Å². The van der Waals surface area contributed by atoms with Gasteiger partial charge in [-0.05, 0) is 48.6 Å². The first-order valence-electron chi connectivity index (χ1n) is 10.9. The van der Waals surface area contributed by atoms with E-state index in [-0.39, 0.29) is 12.2 Å². The van der Waals surface area contributed by atoms with Gasteiger partial charge in [-0.15, -0.1) is 0 Å². The van der Waals surface area contributed by atoms with Crippen molar-refractivity contribution in [3.63, 3.8) is 0 Å². The molecule has 0 bridgehead atoms. The van der Waals surface area contributed by atoms with E-state index in [1.54, 1.807) is 24.5 Å². The van der Waals surface area contributed by atoms with Crippen LogP contribution >= 0.6 is 22.9 Å². The maximum atomic E-state index is 13.6. The lowest BCUT2D eigenvalue weighted by molar-refractivity contribution is -0.139. The van der Waals surface area contributed by atoms with Crippen molar-refractivity contribution in [3.8, 4) is 0 Å². The Balaban J connectivity index is 1.92. The number of aromatic nitrogens is 1. The second-order valence-corrected chi connectivity index (χ2v) is 9.56. The number of hydrogen-bond acceptors (Lipinski definition) is 5. The first-order valence-corrected chi connectivity index (χ1v) is 12.0. The monoisotopic (exact) mass is 480 g/mol. The first kappa shape index (κ1) is 23.2. The summed E-state index contributed by atoms with van der Waals surface area (Å²) in [6, 6.07) is 14.7. The minimum absolute atomic E-state index is 0.217. The van der Waals surface area contributed by atoms with Gasteiger partial charge in [0.05, 0.1) is 22.4 Å². The molecule has 0 aliphatic carbocycles. The number of nitrogens with zero attached hydrogens (tertiary/aromatic N) is 2. The Bertz CT molecular complexity index is 1410. The van der Waals surface area contributed by atoms with Crippen molar-refractivity contribution in [2.24, 2.45) is 4.99 Å². The number of carbonyl (C=O) groups is 1. The van der Waals surface area contributed by atoms with Gasteiger partial charge in [0.15, 0.2) is 4.80 Å². The molecule has 0 fully saturated rings. The molecule has 4 rings (SSSR count). The molecule has 3 aromatic rings. The van der Waals surface area contributed by atoms with Crippen LogP contribution in [0, 0.1) is 0 Å². The summed E-state index contributed by atoms with van der Waals surface area (Å²) < 4.78 is 7.41. The summed E-state index contributed by atoms with van der Waals surface area (Å²) in [5.74, 6) is -0.0634. The number of benzene rings is 2. The quantitative estimate of drug-likeness (QED) is 0.502. The fraction of sp³-hybridized carbons (Fsp3) is 0.269. The predicted molar refractivity (Wildman–Crippen MR) is 132 cm³/mol. The molecule has 0 N–H and O–H groups in total. The van der Waals surface area contributed by atoms with E-state index in [4.69, 9.17) is 16.3 Å². The average Bonchev–Trinajstić information content (AvgIpc) is 3.08. The lowest BCUT2D eigenvalue weighted by atomic mass is 9.96. The topological polar surface area (TPSA) is 60.7 Å². The van der Waals surface area contributed by atoms with Crippen molar-refractivity contribution in [1.29, 1.82) is 0 Å². The molecule has 2 aromatic carbocycles. The molecule has 170 valence electrons. The van der Waals surface area contributed by atoms with Crippen LogP contribution in [0.1, 0.15) is 56.3 Å². The summed E-state index contributed by atoms with van der Waals surface area (Å²) in [5, 5.41) is 0.470. The van der Waals surface area contributed by atoms with E-state index < -0.39 is 12.0 Å². The minimum atomic E-state index is -0.709. The van der Waals surface area contributed by atoms with Crippen LogP contribution in [-0.4, -0.2) is 17.1 Å². The molecular weight excluding hydrogens is 456 g/mol. The van der Waals surface area contributed by atoms with Gasteiger partial charge in [0.25, 0.3) is 5.56 Å². The van der Waals surface area contributed by atoms with Crippen LogP contribution < -0.4 is 14.9 Å². The lowest BCUT2D eigenvalue weighted by Crippen LogP contribution is -2.40. The smallest absolute Gasteiger partial charge is 0.338 e. The molecule has 0 amide bonds. The van der Waals surface area contributed by atoms with Gasteiger partial charge in [-0.1, -0.05) is 79.2 Å². The molecule has 1 aromatic heterocycles. The Morgan fingerprint density at radius 3 is 2.55 bits per heavy atom. The molecule has 0 saturated carbocycles. The third-order valence-corrected chi connectivity index (χ3v) is 6.94. The largest absolute Gasteiger partial charge is 0.463 e. The second kappa shape index (κ2) is 9.49. The van der Waals surface area contributed by atoms with Crippen LogP contribution in [0.15, 0.2) is 69.6 Å². The Labute approximate surface area is 201 Å². The molecule has 33 heavy (non-hydrogen) atoms. The van der Waals surface area contributed by atoms with Crippen molar-refractivity contribution >= 4 is 35.0 Å². The number of esters is 1. The van der Waals surface area contributed by atoms with Gasteiger partial charge in [0, 0.05) is 5.02 Å². The Morgan fingerprint density at radius 1 is 1.21 bits per heavy atom. The van der Waals surface area contributed by atoms with Crippen molar-refractivity contribution < 1.29 is 9.53 Å². The van der Waals surface area contributed by atoms with Gasteiger partial charge in [0.2, 0.25) is 0 Å². The Morgan fingerprint density at radius 2 is 1.91 bits per heavy atom. The number of rotatable bonds is 5. The van der Waals surface area contributed by atoms with E-state index in [0.29, 0.717) is 37.1 Å². The van der Waals surface area contributed by atoms with Gasteiger partial charge in [-0.25, -0.2) is 9.79 Å². The zero-order valence-corrected chi connectivity index (χ0v) is 20.5. The highest BCUT2D eigenvalue weighted by atomic mass is 35.5. The molecule has 1 aliphatic rings. The number of halogens is 1. The summed E-state index contributed by atoms with van der Waals surface area (Å²) in [6.07, 6.45) is 1.86. The van der Waals surface area contributed by atoms with Crippen LogP contribution in [0.4, 0.5) is 0 Å². The zero-order chi connectivity index (χ0) is 23.7. The summed E-state index contributed by atoms with van der Waals surface area (Å²) in [7, 11) is 0. The fourth-order valence-electron chi connectivity index (χ4n) is 3.91. The van der Waals surface area contributed by atoms with E-state index in [2.05, 4.69) is 31.0 Å². The van der Waals surface area contributed by atoms with E-state index in [1.807, 2.05) is 36.4 Å². The van der Waals surface area contributed by atoms with Crippen molar-refractivity contribution in [2.45, 2.75) is 39.7 Å². The van der Waals surface area contributed by atoms with Gasteiger partial charge in [-0.2, -0.15) is 0 Å². The third-order valence-electron chi connectivity index (χ3n) is 5.62. The molecule has 0 saturated heterocycles. The molecule has 0 unspecified atom stereocenters. The SMILES string of the molecule is CCOC(=O)C1=C(C)N=c2sc(=Cc3ccc(C(C)C)cc3)c(=O)n2[C@H]1c1ccccc1Cl. The van der Waals surface area contributed by atoms with Gasteiger partial charge < -0.3 is 4.74 Å². The van der Waals surface area contributed by atoms with E-state index in [0.717, 1.165) is 5.56 Å². The molecule has 2 heterocycles. The number of ether oxygens (including phenoxy) is 1. The molecular formula is C26H25ClN2O3S. The Kier molecular flexibility index (Phi) is 6.68. The average molecular weight is 481 g/mol. The first-order chi connectivity index (χ1) is 15.8. The van der Waals surface area contributed by atoms with Crippen molar-refractivity contribution in [1.82, 2.24) is 4.57 Å². The number of allylic oxidation sites excluding steroid dienone is 1. The summed E-state index contributed by atoms with van der Waals surface area (Å²) >= 11 is 7.82. The highest BCUT2D eigenvalue weighted by molar-refractivity contribution is 7.07. The van der Waals surface area contributed by atoms with Crippen LogP contribution in [0.3, 0.4) is 0 Å². The van der Waals surface area contributed by atoms with Crippen LogP contribution in [0.25, 0.3) is 6.08 Å². The van der Waals surface area contributed by atoms with Crippen LogP contribution in [0.5, 0.6) is 0 Å². The van der Waals surface area contributed by atoms with Crippen LogP contribution in [-0.2, 0) is 9.53 Å². The highest BCUT2D eigenvalue weighted by Gasteiger charge is 2.34. The maximum absolute atomic E-state index is 13.6. The molecule has 1 aliphatic heterocycles. The number of hydrogen-bond donors (Lipinski definition) is 0.